The molecule has 0 spiro atoms. The van der Waals surface area contributed by atoms with E-state index in [1.165, 1.54) is 12.2 Å². The standard InChI is InChI=1S/C11H9F5N2O3/c1-3(2-19)17-10(20)11(21)18-9-7(15)5(13)4(12)6(14)8(9)16/h3,19H,2H2,1H3,(H,17,20)(H,18,21)/t3-/m0/s1. The van der Waals surface area contributed by atoms with Gasteiger partial charge in [-0.1, -0.05) is 0 Å². The zero-order valence-electron chi connectivity index (χ0n) is 10.4. The first kappa shape index (κ1) is 16.8. The van der Waals surface area contributed by atoms with E-state index in [4.69, 9.17) is 5.11 Å². The Kier molecular flexibility index (Phi) is 5.19. The van der Waals surface area contributed by atoms with E-state index in [-0.39, 0.29) is 0 Å². The summed E-state index contributed by atoms with van der Waals surface area (Å²) < 4.78 is 65.0. The predicted octanol–water partition coefficient (Wildman–Crippen LogP) is 0.818. The number of benzene rings is 1. The van der Waals surface area contributed by atoms with Gasteiger partial charge in [0.05, 0.1) is 6.61 Å². The van der Waals surface area contributed by atoms with Gasteiger partial charge in [-0.05, 0) is 6.92 Å². The van der Waals surface area contributed by atoms with Crippen molar-refractivity contribution in [3.63, 3.8) is 0 Å². The maximum Gasteiger partial charge on any atom is 0.313 e. The van der Waals surface area contributed by atoms with Gasteiger partial charge in [-0.15, -0.1) is 0 Å². The molecular weight excluding hydrogens is 303 g/mol. The number of nitrogens with one attached hydrogen (secondary N) is 2. The van der Waals surface area contributed by atoms with Gasteiger partial charge in [-0.25, -0.2) is 22.0 Å². The molecule has 21 heavy (non-hydrogen) atoms. The summed E-state index contributed by atoms with van der Waals surface area (Å²) in [6, 6.07) is -0.848. The molecule has 0 radical (unpaired) electrons. The Morgan fingerprint density at radius 2 is 1.38 bits per heavy atom. The molecule has 0 saturated carbocycles. The Labute approximate surface area is 114 Å². The summed E-state index contributed by atoms with van der Waals surface area (Å²) in [6.07, 6.45) is 0. The minimum absolute atomic E-state index is 0.526. The molecule has 2 amide bonds. The van der Waals surface area contributed by atoms with Crippen LogP contribution in [0.25, 0.3) is 0 Å². The number of hydrogen-bond acceptors (Lipinski definition) is 3. The molecule has 0 aromatic heterocycles. The lowest BCUT2D eigenvalue weighted by atomic mass is 10.2. The van der Waals surface area contributed by atoms with E-state index in [0.29, 0.717) is 0 Å². The maximum atomic E-state index is 13.2. The first-order valence-corrected chi connectivity index (χ1v) is 5.44. The van der Waals surface area contributed by atoms with Crippen LogP contribution in [-0.2, 0) is 9.59 Å². The molecule has 1 atom stereocenters. The van der Waals surface area contributed by atoms with Gasteiger partial charge in [0.15, 0.2) is 23.3 Å². The summed E-state index contributed by atoms with van der Waals surface area (Å²) in [5.41, 5.74) is -1.64. The number of carbonyl (C=O) groups is 2. The normalized spacial score (nSPS) is 12.0. The number of carbonyl (C=O) groups excluding carboxylic acids is 2. The van der Waals surface area contributed by atoms with Crippen LogP contribution in [0.2, 0.25) is 0 Å². The Bertz CT molecular complexity index is 565. The second-order valence-electron chi connectivity index (χ2n) is 3.96. The third kappa shape index (κ3) is 3.45. The Balaban J connectivity index is 3.04. The molecular formula is C11H9F5N2O3. The number of aliphatic hydroxyl groups is 1. The van der Waals surface area contributed by atoms with Crippen molar-refractivity contribution in [3.8, 4) is 0 Å². The third-order valence-corrected chi connectivity index (χ3v) is 2.31. The van der Waals surface area contributed by atoms with Gasteiger partial charge in [-0.2, -0.15) is 0 Å². The van der Waals surface area contributed by atoms with Crippen molar-refractivity contribution >= 4 is 17.5 Å². The number of aliphatic hydroxyl groups excluding tert-OH is 1. The average molecular weight is 312 g/mol. The van der Waals surface area contributed by atoms with Gasteiger partial charge < -0.3 is 15.7 Å². The van der Waals surface area contributed by atoms with Gasteiger partial charge in [0, 0.05) is 6.04 Å². The number of anilines is 1. The molecule has 0 fully saturated rings. The van der Waals surface area contributed by atoms with Gasteiger partial charge in [-0.3, -0.25) is 9.59 Å². The first-order chi connectivity index (χ1) is 9.70. The third-order valence-electron chi connectivity index (χ3n) is 2.31. The van der Waals surface area contributed by atoms with Crippen molar-refractivity contribution in [2.24, 2.45) is 0 Å². The van der Waals surface area contributed by atoms with Crippen molar-refractivity contribution in [1.82, 2.24) is 5.32 Å². The van der Waals surface area contributed by atoms with Crippen molar-refractivity contribution in [2.45, 2.75) is 13.0 Å². The molecule has 116 valence electrons. The molecule has 1 aromatic carbocycles. The smallest absolute Gasteiger partial charge is 0.313 e. The minimum Gasteiger partial charge on any atom is -0.394 e. The minimum atomic E-state index is -2.39. The molecule has 1 rings (SSSR count). The van der Waals surface area contributed by atoms with Crippen molar-refractivity contribution in [3.05, 3.63) is 29.1 Å². The highest BCUT2D eigenvalue weighted by molar-refractivity contribution is 6.39. The second kappa shape index (κ2) is 6.48. The molecule has 0 saturated heterocycles. The highest BCUT2D eigenvalue weighted by atomic mass is 19.2. The summed E-state index contributed by atoms with van der Waals surface area (Å²) in [6.45, 7) is 0.783. The van der Waals surface area contributed by atoms with Gasteiger partial charge in [0.1, 0.15) is 5.69 Å². The molecule has 1 aromatic rings. The highest BCUT2D eigenvalue weighted by Crippen LogP contribution is 2.26. The van der Waals surface area contributed by atoms with Crippen LogP contribution in [-0.4, -0.2) is 29.6 Å². The van der Waals surface area contributed by atoms with Crippen LogP contribution in [0.4, 0.5) is 27.6 Å². The Hall–Kier alpha value is -2.23. The van der Waals surface area contributed by atoms with Crippen LogP contribution >= 0.6 is 0 Å². The zero-order chi connectivity index (χ0) is 16.3. The SMILES string of the molecule is C[C@@H](CO)NC(=O)C(=O)Nc1c(F)c(F)c(F)c(F)c1F. The van der Waals surface area contributed by atoms with E-state index >= 15 is 0 Å². The van der Waals surface area contributed by atoms with E-state index in [1.54, 1.807) is 0 Å². The number of halogens is 5. The summed E-state index contributed by atoms with van der Waals surface area (Å²) in [5, 5.41) is 11.8. The van der Waals surface area contributed by atoms with Crippen molar-refractivity contribution < 1.29 is 36.6 Å². The second-order valence-corrected chi connectivity index (χ2v) is 3.96. The van der Waals surface area contributed by atoms with Crippen molar-refractivity contribution in [1.29, 1.82) is 0 Å². The number of rotatable bonds is 3. The maximum absolute atomic E-state index is 13.2. The summed E-state index contributed by atoms with van der Waals surface area (Å²) in [7, 11) is 0. The number of amides is 2. The van der Waals surface area contributed by atoms with E-state index in [1.807, 2.05) is 5.32 Å². The monoisotopic (exact) mass is 312 g/mol. The molecule has 0 heterocycles. The molecule has 0 aliphatic heterocycles. The molecule has 3 N–H and O–H groups in total. The summed E-state index contributed by atoms with van der Waals surface area (Å²) in [4.78, 5) is 22.5. The fourth-order valence-corrected chi connectivity index (χ4v) is 1.22. The van der Waals surface area contributed by atoms with E-state index in [9.17, 15) is 31.5 Å². The van der Waals surface area contributed by atoms with Crippen LogP contribution in [0.15, 0.2) is 0 Å². The van der Waals surface area contributed by atoms with Crippen LogP contribution in [0.5, 0.6) is 0 Å². The topological polar surface area (TPSA) is 78.4 Å². The molecule has 0 aliphatic rings. The molecule has 0 bridgehead atoms. The highest BCUT2D eigenvalue weighted by Gasteiger charge is 2.28. The van der Waals surface area contributed by atoms with E-state index < -0.39 is 59.2 Å². The largest absolute Gasteiger partial charge is 0.394 e. The Morgan fingerprint density at radius 1 is 0.952 bits per heavy atom. The first-order valence-electron chi connectivity index (χ1n) is 5.44. The lowest BCUT2D eigenvalue weighted by molar-refractivity contribution is -0.136. The molecule has 0 aliphatic carbocycles. The van der Waals surface area contributed by atoms with Crippen LogP contribution in [0.3, 0.4) is 0 Å². The zero-order valence-corrected chi connectivity index (χ0v) is 10.4. The van der Waals surface area contributed by atoms with Gasteiger partial charge in [0.25, 0.3) is 0 Å². The summed E-state index contributed by atoms with van der Waals surface area (Å²) in [5.74, 6) is -14.5. The van der Waals surface area contributed by atoms with E-state index in [0.717, 1.165) is 0 Å². The predicted molar refractivity (Wildman–Crippen MR) is 59.6 cm³/mol. The fraction of sp³-hybridized carbons (Fsp3) is 0.273. The lowest BCUT2D eigenvalue weighted by Crippen LogP contribution is -2.42. The number of hydrogen-bond donors (Lipinski definition) is 3. The molecule has 5 nitrogen and oxygen atoms in total. The summed E-state index contributed by atoms with van der Waals surface area (Å²) >= 11 is 0. The quantitative estimate of drug-likeness (QED) is 0.335. The molecule has 0 unspecified atom stereocenters. The van der Waals surface area contributed by atoms with Crippen LogP contribution in [0, 0.1) is 29.1 Å². The van der Waals surface area contributed by atoms with Gasteiger partial charge in [0.2, 0.25) is 5.82 Å². The van der Waals surface area contributed by atoms with Crippen LogP contribution in [0.1, 0.15) is 6.92 Å². The van der Waals surface area contributed by atoms with E-state index in [2.05, 4.69) is 0 Å². The van der Waals surface area contributed by atoms with Gasteiger partial charge >= 0.3 is 11.8 Å². The van der Waals surface area contributed by atoms with Crippen molar-refractivity contribution in [2.75, 3.05) is 11.9 Å². The average Bonchev–Trinajstić information content (AvgIpc) is 2.46. The Morgan fingerprint density at radius 3 is 1.81 bits per heavy atom. The fourth-order valence-electron chi connectivity index (χ4n) is 1.22. The molecule has 10 heteroatoms. The van der Waals surface area contributed by atoms with Crippen LogP contribution < -0.4 is 10.6 Å². The lowest BCUT2D eigenvalue weighted by Gasteiger charge is -2.12.